The molecule has 0 aromatic carbocycles. The summed E-state index contributed by atoms with van der Waals surface area (Å²) in [6.45, 7) is 6.54. The van der Waals surface area contributed by atoms with Crippen LogP contribution in [0.2, 0.25) is 0 Å². The van der Waals surface area contributed by atoms with Crippen molar-refractivity contribution in [1.82, 2.24) is 0 Å². The van der Waals surface area contributed by atoms with Gasteiger partial charge in [0, 0.05) is 19.3 Å². The second-order valence-corrected chi connectivity index (χ2v) is 19.2. The topological polar surface area (TPSA) is 78.9 Å². The highest BCUT2D eigenvalue weighted by molar-refractivity contribution is 5.71. The summed E-state index contributed by atoms with van der Waals surface area (Å²) in [6, 6.07) is 0. The van der Waals surface area contributed by atoms with E-state index in [0.717, 1.165) is 109 Å². The highest BCUT2D eigenvalue weighted by atomic mass is 16.6. The van der Waals surface area contributed by atoms with Crippen molar-refractivity contribution in [2.75, 3.05) is 13.2 Å². The number of esters is 3. The van der Waals surface area contributed by atoms with Crippen molar-refractivity contribution < 1.29 is 28.6 Å². The lowest BCUT2D eigenvalue weighted by molar-refractivity contribution is -0.167. The summed E-state index contributed by atoms with van der Waals surface area (Å²) >= 11 is 0. The molecule has 6 heteroatoms. The molecule has 67 heavy (non-hydrogen) atoms. The van der Waals surface area contributed by atoms with Crippen LogP contribution >= 0.6 is 0 Å². The van der Waals surface area contributed by atoms with Crippen LogP contribution in [0.15, 0.2) is 60.8 Å². The highest BCUT2D eigenvalue weighted by Crippen LogP contribution is 2.15. The molecule has 0 amide bonds. The zero-order chi connectivity index (χ0) is 48.6. The van der Waals surface area contributed by atoms with Crippen LogP contribution in [0.4, 0.5) is 0 Å². The molecule has 0 heterocycles. The third kappa shape index (κ3) is 53.9. The van der Waals surface area contributed by atoms with Crippen LogP contribution in [0.5, 0.6) is 0 Å². The van der Waals surface area contributed by atoms with Crippen LogP contribution in [0.3, 0.4) is 0 Å². The van der Waals surface area contributed by atoms with Gasteiger partial charge >= 0.3 is 17.9 Å². The fourth-order valence-electron chi connectivity index (χ4n) is 8.09. The van der Waals surface area contributed by atoms with Gasteiger partial charge in [-0.2, -0.15) is 0 Å². The Kier molecular flexibility index (Phi) is 53.3. The molecule has 1 unspecified atom stereocenters. The molecule has 0 aliphatic rings. The molecular formula is C61H108O6. The first-order valence-corrected chi connectivity index (χ1v) is 28.8. The molecule has 0 bridgehead atoms. The lowest BCUT2D eigenvalue weighted by atomic mass is 10.1. The van der Waals surface area contributed by atoms with Gasteiger partial charge in [-0.3, -0.25) is 14.4 Å². The van der Waals surface area contributed by atoms with Crippen LogP contribution in [0, 0.1) is 0 Å². The molecule has 388 valence electrons. The van der Waals surface area contributed by atoms with Crippen LogP contribution in [0.1, 0.15) is 290 Å². The normalized spacial score (nSPS) is 12.5. The maximum Gasteiger partial charge on any atom is 0.306 e. The lowest BCUT2D eigenvalue weighted by Gasteiger charge is -2.18. The van der Waals surface area contributed by atoms with Gasteiger partial charge in [-0.15, -0.1) is 0 Å². The van der Waals surface area contributed by atoms with E-state index in [1.165, 1.54) is 141 Å². The monoisotopic (exact) mass is 937 g/mol. The summed E-state index contributed by atoms with van der Waals surface area (Å²) in [4.78, 5) is 38.1. The van der Waals surface area contributed by atoms with Gasteiger partial charge in [-0.25, -0.2) is 0 Å². The molecule has 1 atom stereocenters. The largest absolute Gasteiger partial charge is 0.462 e. The molecule has 0 saturated carbocycles. The van der Waals surface area contributed by atoms with Gasteiger partial charge in [-0.1, -0.05) is 229 Å². The van der Waals surface area contributed by atoms with Gasteiger partial charge in [0.1, 0.15) is 13.2 Å². The number of ether oxygens (including phenoxy) is 3. The number of carbonyl (C=O) groups is 3. The molecule has 0 N–H and O–H groups in total. The minimum atomic E-state index is -0.788. The minimum absolute atomic E-state index is 0.0848. The van der Waals surface area contributed by atoms with E-state index >= 15 is 0 Å². The first-order valence-electron chi connectivity index (χ1n) is 28.8. The zero-order valence-electron chi connectivity index (χ0n) is 44.4. The van der Waals surface area contributed by atoms with Crippen molar-refractivity contribution in [1.29, 1.82) is 0 Å². The van der Waals surface area contributed by atoms with Crippen LogP contribution in [-0.2, 0) is 28.6 Å². The molecule has 0 rings (SSSR count). The van der Waals surface area contributed by atoms with E-state index < -0.39 is 6.10 Å². The second kappa shape index (κ2) is 55.7. The molecular weight excluding hydrogens is 829 g/mol. The van der Waals surface area contributed by atoms with E-state index in [-0.39, 0.29) is 31.1 Å². The van der Waals surface area contributed by atoms with E-state index in [2.05, 4.69) is 81.5 Å². The molecule has 0 aliphatic carbocycles. The number of hydrogen-bond acceptors (Lipinski definition) is 6. The molecule has 6 nitrogen and oxygen atoms in total. The average molecular weight is 938 g/mol. The van der Waals surface area contributed by atoms with E-state index in [9.17, 15) is 14.4 Å². The molecule has 0 aromatic rings. The number of unbranched alkanes of at least 4 members (excludes halogenated alkanes) is 31. The third-order valence-electron chi connectivity index (χ3n) is 12.4. The first kappa shape index (κ1) is 64.1. The van der Waals surface area contributed by atoms with E-state index in [1.807, 2.05) is 0 Å². The van der Waals surface area contributed by atoms with Gasteiger partial charge in [-0.05, 0) is 103 Å². The summed E-state index contributed by atoms with van der Waals surface area (Å²) in [5.41, 5.74) is 0. The Morgan fingerprint density at radius 2 is 0.567 bits per heavy atom. The predicted octanol–water partition coefficient (Wildman–Crippen LogP) is 19.2. The fourth-order valence-corrected chi connectivity index (χ4v) is 8.09. The van der Waals surface area contributed by atoms with Crippen molar-refractivity contribution in [2.24, 2.45) is 0 Å². The molecule has 0 radical (unpaired) electrons. The van der Waals surface area contributed by atoms with Crippen molar-refractivity contribution >= 4 is 17.9 Å². The van der Waals surface area contributed by atoms with Crippen LogP contribution < -0.4 is 0 Å². The Hall–Kier alpha value is -2.89. The van der Waals surface area contributed by atoms with E-state index in [1.54, 1.807) is 0 Å². The van der Waals surface area contributed by atoms with E-state index in [4.69, 9.17) is 14.2 Å². The fraction of sp³-hybridized carbons (Fsp3) is 0.787. The number of hydrogen-bond donors (Lipinski definition) is 0. The van der Waals surface area contributed by atoms with Crippen molar-refractivity contribution in [3.8, 4) is 0 Å². The SMILES string of the molecule is CCC/C=C\C/C=C\CCCCCCCC(=O)OCC(COC(=O)CCCCCCCCCCC/C=C\CCCCCCCCCC)OC(=O)CCCCCCC/C=C\C/C=C\CCCCC. The summed E-state index contributed by atoms with van der Waals surface area (Å²) in [5, 5.41) is 0. The standard InChI is InChI=1S/C61H108O6/c1-4-7-10-13-16-19-22-25-27-28-29-30-31-32-34-36-39-42-45-48-51-54-60(63)66-57-58(56-65-59(62)53-50-47-44-41-38-35-24-21-18-15-12-9-6-3)67-61(64)55-52-49-46-43-40-37-33-26-23-20-17-14-11-8-5-2/h12,15,17,20-21,24,26,28-29,33,58H,4-11,13-14,16,18-19,22-23,25,27,30-32,34-57H2,1-3H3/b15-12-,20-17-,24-21-,29-28-,33-26-. The quantitative estimate of drug-likeness (QED) is 0.0262. The smallest absolute Gasteiger partial charge is 0.306 e. The van der Waals surface area contributed by atoms with Gasteiger partial charge in [0.05, 0.1) is 0 Å². The number of carbonyl (C=O) groups excluding carboxylic acids is 3. The molecule has 0 spiro atoms. The van der Waals surface area contributed by atoms with E-state index in [0.29, 0.717) is 19.3 Å². The maximum atomic E-state index is 12.8. The molecule has 0 aromatic heterocycles. The summed E-state index contributed by atoms with van der Waals surface area (Å²) in [6.07, 6.45) is 69.2. The summed E-state index contributed by atoms with van der Waals surface area (Å²) < 4.78 is 16.8. The Morgan fingerprint density at radius 1 is 0.299 bits per heavy atom. The highest BCUT2D eigenvalue weighted by Gasteiger charge is 2.19. The number of allylic oxidation sites excluding steroid dienone is 10. The van der Waals surface area contributed by atoms with Crippen LogP contribution in [0.25, 0.3) is 0 Å². The maximum absolute atomic E-state index is 12.8. The number of rotatable bonds is 52. The van der Waals surface area contributed by atoms with Gasteiger partial charge in [0.25, 0.3) is 0 Å². The Bertz CT molecular complexity index is 1210. The lowest BCUT2D eigenvalue weighted by Crippen LogP contribution is -2.30. The van der Waals surface area contributed by atoms with Gasteiger partial charge in [0.15, 0.2) is 6.10 Å². The van der Waals surface area contributed by atoms with Crippen LogP contribution in [-0.4, -0.2) is 37.2 Å². The molecule has 0 saturated heterocycles. The third-order valence-corrected chi connectivity index (χ3v) is 12.4. The zero-order valence-corrected chi connectivity index (χ0v) is 44.4. The Labute approximate surface area is 415 Å². The summed E-state index contributed by atoms with van der Waals surface area (Å²) in [7, 11) is 0. The van der Waals surface area contributed by atoms with Gasteiger partial charge < -0.3 is 14.2 Å². The predicted molar refractivity (Wildman–Crippen MR) is 288 cm³/mol. The van der Waals surface area contributed by atoms with Crippen molar-refractivity contribution in [3.63, 3.8) is 0 Å². The van der Waals surface area contributed by atoms with Crippen molar-refractivity contribution in [2.45, 2.75) is 297 Å². The first-order chi connectivity index (χ1) is 33.0. The minimum Gasteiger partial charge on any atom is -0.462 e. The van der Waals surface area contributed by atoms with Crippen molar-refractivity contribution in [3.05, 3.63) is 60.8 Å². The average Bonchev–Trinajstić information content (AvgIpc) is 3.33. The Balaban J connectivity index is 4.35. The summed E-state index contributed by atoms with van der Waals surface area (Å²) in [5.74, 6) is -0.907. The molecule has 0 fully saturated rings. The van der Waals surface area contributed by atoms with Gasteiger partial charge in [0.2, 0.25) is 0 Å². The Morgan fingerprint density at radius 3 is 0.925 bits per heavy atom. The second-order valence-electron chi connectivity index (χ2n) is 19.2. The molecule has 0 aliphatic heterocycles.